The van der Waals surface area contributed by atoms with Gasteiger partial charge in [0.25, 0.3) is 0 Å². The summed E-state index contributed by atoms with van der Waals surface area (Å²) in [5.74, 6) is 1.55. The SMILES string of the molecule is Fc1cccc(-c2ccc(/C=C/C3c4ccnnc4CC4CCCCC43)nc2)c1. The zero-order valence-electron chi connectivity index (χ0n) is 16.3. The van der Waals surface area contributed by atoms with Crippen LogP contribution in [0.3, 0.4) is 0 Å². The predicted molar refractivity (Wildman–Crippen MR) is 113 cm³/mol. The number of rotatable bonds is 3. The third kappa shape index (κ3) is 3.71. The Balaban J connectivity index is 1.41. The molecule has 3 atom stereocenters. The van der Waals surface area contributed by atoms with Gasteiger partial charge >= 0.3 is 0 Å². The molecule has 1 fully saturated rings. The Kier molecular flexibility index (Phi) is 4.92. The minimum Gasteiger partial charge on any atom is -0.256 e. The molecule has 3 aromatic rings. The molecule has 0 N–H and O–H groups in total. The van der Waals surface area contributed by atoms with Gasteiger partial charge in [-0.05, 0) is 72.6 Å². The van der Waals surface area contributed by atoms with Crippen LogP contribution in [0.5, 0.6) is 0 Å². The van der Waals surface area contributed by atoms with Crippen molar-refractivity contribution < 1.29 is 4.39 Å². The van der Waals surface area contributed by atoms with Gasteiger partial charge in [-0.15, -0.1) is 0 Å². The van der Waals surface area contributed by atoms with Crippen molar-refractivity contribution >= 4 is 6.08 Å². The fourth-order valence-corrected chi connectivity index (χ4v) is 5.07. The summed E-state index contributed by atoms with van der Waals surface area (Å²) in [6, 6.07) is 12.8. The molecular weight excluding hydrogens is 361 g/mol. The van der Waals surface area contributed by atoms with Crippen LogP contribution >= 0.6 is 0 Å². The van der Waals surface area contributed by atoms with E-state index in [1.165, 1.54) is 49.1 Å². The van der Waals surface area contributed by atoms with Gasteiger partial charge in [0.2, 0.25) is 0 Å². The Hall–Kier alpha value is -2.88. The first-order chi connectivity index (χ1) is 14.3. The van der Waals surface area contributed by atoms with Gasteiger partial charge in [0.05, 0.1) is 11.4 Å². The highest BCUT2D eigenvalue weighted by Gasteiger charge is 2.37. The monoisotopic (exact) mass is 385 g/mol. The van der Waals surface area contributed by atoms with E-state index >= 15 is 0 Å². The van der Waals surface area contributed by atoms with E-state index < -0.39 is 0 Å². The second-order valence-corrected chi connectivity index (χ2v) is 8.21. The predicted octanol–water partition coefficient (Wildman–Crippen LogP) is 5.84. The number of halogens is 1. The van der Waals surface area contributed by atoms with Crippen molar-refractivity contribution in [2.24, 2.45) is 11.8 Å². The highest BCUT2D eigenvalue weighted by atomic mass is 19.1. The summed E-state index contributed by atoms with van der Waals surface area (Å²) in [6.07, 6.45) is 14.4. The van der Waals surface area contributed by atoms with E-state index in [0.717, 1.165) is 23.2 Å². The summed E-state index contributed by atoms with van der Waals surface area (Å²) in [5, 5.41) is 8.56. The van der Waals surface area contributed by atoms with Crippen LogP contribution < -0.4 is 0 Å². The molecule has 0 aliphatic heterocycles. The Morgan fingerprint density at radius 1 is 1.00 bits per heavy atom. The lowest BCUT2D eigenvalue weighted by Gasteiger charge is -2.40. The van der Waals surface area contributed by atoms with Crippen molar-refractivity contribution in [2.75, 3.05) is 0 Å². The summed E-state index contributed by atoms with van der Waals surface area (Å²) in [4.78, 5) is 4.59. The number of aromatic nitrogens is 3. The number of allylic oxidation sites excluding steroid dienone is 1. The molecule has 4 heteroatoms. The molecule has 0 spiro atoms. The second kappa shape index (κ2) is 7.86. The molecule has 0 saturated heterocycles. The molecule has 146 valence electrons. The Labute approximate surface area is 170 Å². The van der Waals surface area contributed by atoms with Gasteiger partial charge in [0, 0.05) is 23.9 Å². The molecule has 0 bridgehead atoms. The number of hydrogen-bond donors (Lipinski definition) is 0. The van der Waals surface area contributed by atoms with Crippen LogP contribution in [0.25, 0.3) is 17.2 Å². The summed E-state index contributed by atoms with van der Waals surface area (Å²) < 4.78 is 13.5. The lowest BCUT2D eigenvalue weighted by Crippen LogP contribution is -2.32. The van der Waals surface area contributed by atoms with Crippen LogP contribution in [0, 0.1) is 17.7 Å². The molecule has 2 heterocycles. The molecule has 1 aromatic carbocycles. The molecule has 2 aromatic heterocycles. The maximum Gasteiger partial charge on any atom is 0.123 e. The third-order valence-corrected chi connectivity index (χ3v) is 6.49. The molecular formula is C25H24FN3. The van der Waals surface area contributed by atoms with Crippen LogP contribution in [0.15, 0.2) is 60.9 Å². The first-order valence-electron chi connectivity index (χ1n) is 10.5. The summed E-state index contributed by atoms with van der Waals surface area (Å²) in [5.41, 5.74) is 5.19. The molecule has 3 nitrogen and oxygen atoms in total. The number of nitrogens with zero attached hydrogens (tertiary/aromatic N) is 3. The highest BCUT2D eigenvalue weighted by molar-refractivity contribution is 5.63. The van der Waals surface area contributed by atoms with Gasteiger partial charge in [-0.3, -0.25) is 4.98 Å². The van der Waals surface area contributed by atoms with Crippen molar-refractivity contribution in [2.45, 2.75) is 38.0 Å². The number of hydrogen-bond acceptors (Lipinski definition) is 3. The summed E-state index contributed by atoms with van der Waals surface area (Å²) in [6.45, 7) is 0. The van der Waals surface area contributed by atoms with Gasteiger partial charge in [-0.25, -0.2) is 4.39 Å². The van der Waals surface area contributed by atoms with E-state index in [-0.39, 0.29) is 5.82 Å². The largest absolute Gasteiger partial charge is 0.256 e. The smallest absolute Gasteiger partial charge is 0.123 e. The van der Waals surface area contributed by atoms with Gasteiger partial charge in [0.15, 0.2) is 0 Å². The fourth-order valence-electron chi connectivity index (χ4n) is 5.07. The minimum absolute atomic E-state index is 0.229. The molecule has 3 unspecified atom stereocenters. The van der Waals surface area contributed by atoms with Crippen molar-refractivity contribution in [1.82, 2.24) is 15.2 Å². The van der Waals surface area contributed by atoms with Gasteiger partial charge in [-0.1, -0.05) is 37.1 Å². The molecule has 1 saturated carbocycles. The minimum atomic E-state index is -0.229. The van der Waals surface area contributed by atoms with E-state index in [1.807, 2.05) is 30.6 Å². The first-order valence-corrected chi connectivity index (χ1v) is 10.5. The maximum absolute atomic E-state index is 13.5. The third-order valence-electron chi connectivity index (χ3n) is 6.49. The van der Waals surface area contributed by atoms with Gasteiger partial charge in [0.1, 0.15) is 5.82 Å². The van der Waals surface area contributed by atoms with E-state index in [2.05, 4.69) is 33.4 Å². The first kappa shape index (κ1) is 18.2. The van der Waals surface area contributed by atoms with E-state index in [4.69, 9.17) is 0 Å². The molecule has 29 heavy (non-hydrogen) atoms. The average Bonchev–Trinajstić information content (AvgIpc) is 2.77. The topological polar surface area (TPSA) is 38.7 Å². The number of fused-ring (bicyclic) bond motifs is 2. The van der Waals surface area contributed by atoms with Gasteiger partial charge < -0.3 is 0 Å². The zero-order chi connectivity index (χ0) is 19.6. The van der Waals surface area contributed by atoms with E-state index in [0.29, 0.717) is 17.8 Å². The van der Waals surface area contributed by atoms with Crippen molar-refractivity contribution in [1.29, 1.82) is 0 Å². The lowest BCUT2D eigenvalue weighted by molar-refractivity contribution is 0.200. The Morgan fingerprint density at radius 3 is 2.79 bits per heavy atom. The quantitative estimate of drug-likeness (QED) is 0.569. The van der Waals surface area contributed by atoms with Crippen LogP contribution in [0.1, 0.15) is 48.6 Å². The summed E-state index contributed by atoms with van der Waals surface area (Å²) >= 11 is 0. The van der Waals surface area contributed by atoms with Crippen molar-refractivity contribution in [3.05, 3.63) is 83.7 Å². The van der Waals surface area contributed by atoms with Crippen LogP contribution in [-0.2, 0) is 6.42 Å². The highest BCUT2D eigenvalue weighted by Crippen LogP contribution is 2.46. The van der Waals surface area contributed by atoms with Crippen LogP contribution in [0.2, 0.25) is 0 Å². The molecule has 0 radical (unpaired) electrons. The molecule has 5 rings (SSSR count). The lowest BCUT2D eigenvalue weighted by atomic mass is 9.64. The molecule has 0 amide bonds. The van der Waals surface area contributed by atoms with Gasteiger partial charge in [-0.2, -0.15) is 10.2 Å². The van der Waals surface area contributed by atoms with E-state index in [1.54, 1.807) is 6.07 Å². The van der Waals surface area contributed by atoms with E-state index in [9.17, 15) is 4.39 Å². The number of benzene rings is 1. The normalized spacial score (nSPS) is 23.6. The summed E-state index contributed by atoms with van der Waals surface area (Å²) in [7, 11) is 0. The standard InChI is InChI=1S/C25H24FN3/c26-20-6-3-5-17(14-20)19-8-9-21(27-16-19)10-11-23-22-7-2-1-4-18(22)15-25-24(23)12-13-28-29-25/h3,5-6,8-14,16,18,22-23H,1-2,4,7,15H2/b11-10+. The Morgan fingerprint density at radius 2 is 1.93 bits per heavy atom. The average molecular weight is 385 g/mol. The Bertz CT molecular complexity index is 1030. The second-order valence-electron chi connectivity index (χ2n) is 8.21. The molecule has 2 aliphatic rings. The fraction of sp³-hybridized carbons (Fsp3) is 0.320. The van der Waals surface area contributed by atoms with Crippen molar-refractivity contribution in [3.63, 3.8) is 0 Å². The van der Waals surface area contributed by atoms with Crippen LogP contribution in [-0.4, -0.2) is 15.2 Å². The maximum atomic E-state index is 13.5. The van der Waals surface area contributed by atoms with Crippen LogP contribution in [0.4, 0.5) is 4.39 Å². The molecule has 2 aliphatic carbocycles. The number of pyridine rings is 1. The zero-order valence-corrected chi connectivity index (χ0v) is 16.3. The van der Waals surface area contributed by atoms with Crippen molar-refractivity contribution in [3.8, 4) is 11.1 Å².